The van der Waals surface area contributed by atoms with Gasteiger partial charge in [0.05, 0.1) is 0 Å². The second kappa shape index (κ2) is 4.87. The highest BCUT2D eigenvalue weighted by Gasteiger charge is 1.99. The molecule has 0 aromatic heterocycles. The Kier molecular flexibility index (Phi) is 3.28. The minimum atomic E-state index is -0.496. The van der Waals surface area contributed by atoms with Gasteiger partial charge in [-0.05, 0) is 35.9 Å². The number of rotatable bonds is 2. The van der Waals surface area contributed by atoms with Crippen molar-refractivity contribution in [2.24, 2.45) is 0 Å². The molecule has 0 atom stereocenters. The summed E-state index contributed by atoms with van der Waals surface area (Å²) < 4.78 is 38.8. The zero-order valence-electron chi connectivity index (χ0n) is 8.83. The molecular weight excluding hydrogens is 225 g/mol. The van der Waals surface area contributed by atoms with E-state index in [0.29, 0.717) is 0 Å². The van der Waals surface area contributed by atoms with Crippen LogP contribution in [0.15, 0.2) is 42.5 Å². The van der Waals surface area contributed by atoms with Crippen molar-refractivity contribution < 1.29 is 13.2 Å². The lowest BCUT2D eigenvalue weighted by Crippen LogP contribution is -1.83. The van der Waals surface area contributed by atoms with Crippen LogP contribution in [0, 0.1) is 17.5 Å². The van der Waals surface area contributed by atoms with Crippen LogP contribution in [-0.4, -0.2) is 0 Å². The van der Waals surface area contributed by atoms with Crippen LogP contribution >= 0.6 is 0 Å². The molecule has 2 aromatic rings. The third-order valence-electron chi connectivity index (χ3n) is 2.28. The van der Waals surface area contributed by atoms with Gasteiger partial charge in [0.25, 0.3) is 0 Å². The van der Waals surface area contributed by atoms with E-state index in [0.717, 1.165) is 23.8 Å². The van der Waals surface area contributed by atoms with Crippen LogP contribution < -0.4 is 0 Å². The average molecular weight is 234 g/mol. The van der Waals surface area contributed by atoms with Crippen LogP contribution in [0.25, 0.3) is 12.2 Å². The summed E-state index contributed by atoms with van der Waals surface area (Å²) in [6.07, 6.45) is 3.04. The van der Waals surface area contributed by atoms with Crippen molar-refractivity contribution in [2.75, 3.05) is 0 Å². The fraction of sp³-hybridized carbons (Fsp3) is 0. The van der Waals surface area contributed by atoms with E-state index in [1.807, 2.05) is 0 Å². The van der Waals surface area contributed by atoms with E-state index < -0.39 is 11.6 Å². The second-order valence-corrected chi connectivity index (χ2v) is 3.55. The van der Waals surface area contributed by atoms with Crippen LogP contribution in [0.2, 0.25) is 0 Å². The van der Waals surface area contributed by atoms with Gasteiger partial charge in [0.15, 0.2) is 0 Å². The van der Waals surface area contributed by atoms with Crippen LogP contribution in [0.3, 0.4) is 0 Å². The van der Waals surface area contributed by atoms with Crippen molar-refractivity contribution >= 4 is 12.2 Å². The van der Waals surface area contributed by atoms with Gasteiger partial charge in [-0.2, -0.15) is 0 Å². The topological polar surface area (TPSA) is 0 Å². The summed E-state index contributed by atoms with van der Waals surface area (Å²) in [5, 5.41) is 0. The fourth-order valence-electron chi connectivity index (χ4n) is 1.40. The zero-order valence-corrected chi connectivity index (χ0v) is 8.83. The quantitative estimate of drug-likeness (QED) is 0.680. The molecule has 0 unspecified atom stereocenters. The molecule has 0 nitrogen and oxygen atoms in total. The van der Waals surface area contributed by atoms with Crippen molar-refractivity contribution in [3.8, 4) is 0 Å². The van der Waals surface area contributed by atoms with Crippen LogP contribution in [-0.2, 0) is 0 Å². The molecule has 0 fully saturated rings. The summed E-state index contributed by atoms with van der Waals surface area (Å²) in [4.78, 5) is 0. The monoisotopic (exact) mass is 234 g/mol. The molecule has 0 bridgehead atoms. The van der Waals surface area contributed by atoms with E-state index in [4.69, 9.17) is 0 Å². The van der Waals surface area contributed by atoms with Gasteiger partial charge in [-0.1, -0.05) is 24.3 Å². The molecule has 0 saturated heterocycles. The summed E-state index contributed by atoms with van der Waals surface area (Å²) in [5.74, 6) is -1.32. The third kappa shape index (κ3) is 2.97. The largest absolute Gasteiger partial charge is 0.207 e. The standard InChI is InChI=1S/C14H9F3/c15-12-5-2-10(3-6-12)1-4-11-9-13(16)7-8-14(11)17/h1-9H/b4-1+. The molecule has 0 aliphatic rings. The Balaban J connectivity index is 2.25. The second-order valence-electron chi connectivity index (χ2n) is 3.55. The molecule has 0 N–H and O–H groups in total. The Hall–Kier alpha value is -2.03. The Morgan fingerprint density at radius 3 is 2.06 bits per heavy atom. The third-order valence-corrected chi connectivity index (χ3v) is 2.28. The summed E-state index contributed by atoms with van der Waals surface area (Å²) in [6, 6.07) is 8.97. The highest BCUT2D eigenvalue weighted by Crippen LogP contribution is 2.14. The maximum absolute atomic E-state index is 13.3. The van der Waals surface area contributed by atoms with Gasteiger partial charge in [-0.15, -0.1) is 0 Å². The fourth-order valence-corrected chi connectivity index (χ4v) is 1.40. The maximum atomic E-state index is 13.3. The Morgan fingerprint density at radius 1 is 0.706 bits per heavy atom. The Labute approximate surface area is 97.0 Å². The zero-order chi connectivity index (χ0) is 12.3. The van der Waals surface area contributed by atoms with Gasteiger partial charge < -0.3 is 0 Å². The molecule has 0 saturated carbocycles. The molecule has 3 heteroatoms. The lowest BCUT2D eigenvalue weighted by molar-refractivity contribution is 0.598. The van der Waals surface area contributed by atoms with Gasteiger partial charge in [0.1, 0.15) is 17.5 Å². The molecule has 17 heavy (non-hydrogen) atoms. The van der Waals surface area contributed by atoms with Crippen molar-refractivity contribution in [2.45, 2.75) is 0 Å². The maximum Gasteiger partial charge on any atom is 0.130 e. The molecule has 0 radical (unpaired) electrons. The smallest absolute Gasteiger partial charge is 0.130 e. The molecule has 0 amide bonds. The first-order valence-corrected chi connectivity index (χ1v) is 5.04. The number of hydrogen-bond donors (Lipinski definition) is 0. The molecular formula is C14H9F3. The van der Waals surface area contributed by atoms with Crippen molar-refractivity contribution in [3.63, 3.8) is 0 Å². The van der Waals surface area contributed by atoms with Crippen LogP contribution in [0.4, 0.5) is 13.2 Å². The van der Waals surface area contributed by atoms with Gasteiger partial charge in [-0.25, -0.2) is 13.2 Å². The first-order valence-electron chi connectivity index (χ1n) is 5.04. The molecule has 0 spiro atoms. The summed E-state index contributed by atoms with van der Waals surface area (Å²) in [5.41, 5.74) is 0.879. The number of halogens is 3. The van der Waals surface area contributed by atoms with E-state index in [1.165, 1.54) is 18.2 Å². The van der Waals surface area contributed by atoms with Gasteiger partial charge in [0.2, 0.25) is 0 Å². The molecule has 86 valence electrons. The predicted molar refractivity (Wildman–Crippen MR) is 61.7 cm³/mol. The van der Waals surface area contributed by atoms with E-state index in [-0.39, 0.29) is 11.4 Å². The minimum absolute atomic E-state index is 0.161. The Bertz CT molecular complexity index is 542. The van der Waals surface area contributed by atoms with Gasteiger partial charge in [0, 0.05) is 5.56 Å². The van der Waals surface area contributed by atoms with E-state index in [9.17, 15) is 13.2 Å². The van der Waals surface area contributed by atoms with Gasteiger partial charge >= 0.3 is 0 Å². The summed E-state index contributed by atoms with van der Waals surface area (Å²) in [7, 11) is 0. The lowest BCUT2D eigenvalue weighted by Gasteiger charge is -1.97. The van der Waals surface area contributed by atoms with Crippen LogP contribution in [0.5, 0.6) is 0 Å². The summed E-state index contributed by atoms with van der Waals surface area (Å²) in [6.45, 7) is 0. The number of benzene rings is 2. The van der Waals surface area contributed by atoms with Crippen molar-refractivity contribution in [1.82, 2.24) is 0 Å². The summed E-state index contributed by atoms with van der Waals surface area (Å²) >= 11 is 0. The normalized spacial score (nSPS) is 11.0. The van der Waals surface area contributed by atoms with Crippen LogP contribution in [0.1, 0.15) is 11.1 Å². The number of hydrogen-bond acceptors (Lipinski definition) is 0. The first-order chi connectivity index (χ1) is 8.15. The lowest BCUT2D eigenvalue weighted by atomic mass is 10.1. The van der Waals surface area contributed by atoms with Gasteiger partial charge in [-0.3, -0.25) is 0 Å². The van der Waals surface area contributed by atoms with E-state index in [2.05, 4.69) is 0 Å². The predicted octanol–water partition coefficient (Wildman–Crippen LogP) is 4.27. The molecule has 2 rings (SSSR count). The van der Waals surface area contributed by atoms with E-state index >= 15 is 0 Å². The SMILES string of the molecule is Fc1ccc(/C=C/c2cc(F)ccc2F)cc1. The molecule has 2 aromatic carbocycles. The van der Waals surface area contributed by atoms with Crippen molar-refractivity contribution in [1.29, 1.82) is 0 Å². The van der Waals surface area contributed by atoms with Crippen molar-refractivity contribution in [3.05, 3.63) is 71.0 Å². The van der Waals surface area contributed by atoms with E-state index in [1.54, 1.807) is 18.2 Å². The molecule has 0 aliphatic heterocycles. The molecule has 0 heterocycles. The first kappa shape index (κ1) is 11.5. The minimum Gasteiger partial charge on any atom is -0.207 e. The molecule has 0 aliphatic carbocycles. The Morgan fingerprint density at radius 2 is 1.35 bits per heavy atom. The highest BCUT2D eigenvalue weighted by molar-refractivity contribution is 5.69. The highest BCUT2D eigenvalue weighted by atomic mass is 19.1. The average Bonchev–Trinajstić information content (AvgIpc) is 2.32.